The number of carbonyl (C=O) groups excluding carboxylic acids is 1. The number of ketones is 1. The van der Waals surface area contributed by atoms with E-state index >= 15 is 0 Å². The van der Waals surface area contributed by atoms with Crippen LogP contribution in [0.25, 0.3) is 0 Å². The molecule has 5 heteroatoms. The van der Waals surface area contributed by atoms with Crippen LogP contribution in [0.4, 0.5) is 12.9 Å². The Bertz CT molecular complexity index is 419. The topological polar surface area (TPSA) is 17.1 Å². The summed E-state index contributed by atoms with van der Waals surface area (Å²) in [5, 5.41) is 0. The van der Waals surface area contributed by atoms with Crippen LogP contribution in [0.1, 0.15) is 42.5 Å². The van der Waals surface area contributed by atoms with Gasteiger partial charge in [0.05, 0.1) is 0 Å². The molecule has 1 aliphatic carbocycles. The molecule has 2 rings (SSSR count). The second kappa shape index (κ2) is 5.16. The Kier molecular flexibility index (Phi) is 3.78. The van der Waals surface area contributed by atoms with E-state index in [0.717, 1.165) is 44.2 Å². The smallest absolute Gasteiger partial charge is 0.445 e. The van der Waals surface area contributed by atoms with E-state index in [1.165, 1.54) is 12.1 Å². The van der Waals surface area contributed by atoms with Crippen molar-refractivity contribution in [2.75, 3.05) is 0 Å². The van der Waals surface area contributed by atoms with Crippen molar-refractivity contribution in [1.82, 2.24) is 0 Å². The van der Waals surface area contributed by atoms with Crippen molar-refractivity contribution in [3.8, 4) is 0 Å². The molecule has 1 aromatic carbocycles. The van der Waals surface area contributed by atoms with Gasteiger partial charge in [-0.1, -0.05) is 43.5 Å². The lowest BCUT2D eigenvalue weighted by atomic mass is 9.78. The maximum Gasteiger partial charge on any atom is 0.509 e. The van der Waals surface area contributed by atoms with Crippen LogP contribution in [-0.2, 0) is 0 Å². The fourth-order valence-corrected chi connectivity index (χ4v) is 2.47. The minimum absolute atomic E-state index is 0.000923. The lowest BCUT2D eigenvalue weighted by molar-refractivity contribution is 0.0889. The molecule has 0 aliphatic heterocycles. The molecule has 0 radical (unpaired) electrons. The fourth-order valence-electron chi connectivity index (χ4n) is 2.47. The molecule has 0 saturated heterocycles. The molecule has 0 heterocycles. The third-order valence-corrected chi connectivity index (χ3v) is 3.55. The Morgan fingerprint density at radius 3 is 2.06 bits per heavy atom. The van der Waals surface area contributed by atoms with Crippen LogP contribution in [0.15, 0.2) is 24.3 Å². The van der Waals surface area contributed by atoms with E-state index < -0.39 is 12.4 Å². The van der Waals surface area contributed by atoms with Crippen molar-refractivity contribution in [2.24, 2.45) is 5.92 Å². The van der Waals surface area contributed by atoms with Crippen LogP contribution in [0.5, 0.6) is 0 Å². The third-order valence-electron chi connectivity index (χ3n) is 3.55. The van der Waals surface area contributed by atoms with Crippen molar-refractivity contribution >= 4 is 18.2 Å². The average Bonchev–Trinajstić information content (AvgIpc) is 2.38. The van der Waals surface area contributed by atoms with Crippen LogP contribution in [0.3, 0.4) is 0 Å². The summed E-state index contributed by atoms with van der Waals surface area (Å²) < 4.78 is 37.4. The molecule has 18 heavy (non-hydrogen) atoms. The zero-order valence-corrected chi connectivity index (χ0v) is 10.0. The summed E-state index contributed by atoms with van der Waals surface area (Å²) in [7, 11) is 0. The molecule has 1 nitrogen and oxygen atoms in total. The summed E-state index contributed by atoms with van der Waals surface area (Å²) in [6.07, 6.45) is 4.97. The summed E-state index contributed by atoms with van der Waals surface area (Å²) >= 11 is 0. The standard InChI is InChI=1S/C13H15BF3O/c15-14(16,17)12-8-6-11(7-9-12)13(18)10-4-2-1-3-5-10/h6-10H,1-5H2/q-1. The van der Waals surface area contributed by atoms with Crippen LogP contribution < -0.4 is 5.46 Å². The molecule has 0 spiro atoms. The second-order valence-electron chi connectivity index (χ2n) is 4.90. The molecule has 0 atom stereocenters. The highest BCUT2D eigenvalue weighted by Crippen LogP contribution is 2.26. The molecule has 0 aromatic heterocycles. The van der Waals surface area contributed by atoms with Crippen molar-refractivity contribution in [3.63, 3.8) is 0 Å². The molecule has 1 fully saturated rings. The summed E-state index contributed by atoms with van der Waals surface area (Å²) in [5.41, 5.74) is -0.235. The monoisotopic (exact) mass is 255 g/mol. The highest BCUT2D eigenvalue weighted by atomic mass is 19.4. The van der Waals surface area contributed by atoms with E-state index in [0.29, 0.717) is 5.56 Å². The summed E-state index contributed by atoms with van der Waals surface area (Å²) in [4.78, 5) is 12.1. The summed E-state index contributed by atoms with van der Waals surface area (Å²) in [6, 6.07) is 4.63. The van der Waals surface area contributed by atoms with Gasteiger partial charge in [0, 0.05) is 11.5 Å². The Labute approximate surface area is 104 Å². The molecule has 1 saturated carbocycles. The Balaban J connectivity index is 2.11. The van der Waals surface area contributed by atoms with Crippen LogP contribution in [0, 0.1) is 5.92 Å². The molecule has 0 amide bonds. The first-order chi connectivity index (χ1) is 8.48. The maximum absolute atomic E-state index is 12.5. The van der Waals surface area contributed by atoms with Gasteiger partial charge in [-0.3, -0.25) is 4.79 Å². The molecular formula is C13H15BF3O-. The fraction of sp³-hybridized carbons (Fsp3) is 0.462. The Morgan fingerprint density at radius 1 is 1.00 bits per heavy atom. The lowest BCUT2D eigenvalue weighted by Crippen LogP contribution is -2.34. The molecule has 0 bridgehead atoms. The molecule has 0 unspecified atom stereocenters. The van der Waals surface area contributed by atoms with Crippen LogP contribution in [0.2, 0.25) is 0 Å². The minimum Gasteiger partial charge on any atom is -0.445 e. The molecule has 1 aliphatic rings. The first-order valence-corrected chi connectivity index (χ1v) is 6.32. The number of benzene rings is 1. The number of halogens is 3. The highest BCUT2D eigenvalue weighted by Gasteiger charge is 2.26. The number of hydrogen-bond acceptors (Lipinski definition) is 1. The Hall–Kier alpha value is -1.26. The number of hydrogen-bond donors (Lipinski definition) is 0. The molecular weight excluding hydrogens is 240 g/mol. The van der Waals surface area contributed by atoms with Gasteiger partial charge in [0.1, 0.15) is 0 Å². The molecule has 0 N–H and O–H groups in total. The van der Waals surface area contributed by atoms with E-state index in [9.17, 15) is 17.7 Å². The number of rotatable bonds is 3. The van der Waals surface area contributed by atoms with Crippen molar-refractivity contribution in [3.05, 3.63) is 29.8 Å². The predicted molar refractivity (Wildman–Crippen MR) is 66.1 cm³/mol. The number of carbonyl (C=O) groups is 1. The second-order valence-corrected chi connectivity index (χ2v) is 4.90. The SMILES string of the molecule is O=C(c1ccc([B-](F)(F)F)cc1)C1CCCCC1. The normalized spacial score (nSPS) is 17.7. The first kappa shape index (κ1) is 13.2. The van der Waals surface area contributed by atoms with Gasteiger partial charge in [0.2, 0.25) is 0 Å². The zero-order valence-electron chi connectivity index (χ0n) is 10.0. The third kappa shape index (κ3) is 2.95. The average molecular weight is 255 g/mol. The van der Waals surface area contributed by atoms with Crippen LogP contribution in [-0.4, -0.2) is 12.8 Å². The van der Waals surface area contributed by atoms with Gasteiger partial charge in [-0.25, -0.2) is 0 Å². The van der Waals surface area contributed by atoms with Crippen molar-refractivity contribution in [1.29, 1.82) is 0 Å². The minimum atomic E-state index is -4.97. The van der Waals surface area contributed by atoms with Gasteiger partial charge in [0.15, 0.2) is 5.78 Å². The van der Waals surface area contributed by atoms with Gasteiger partial charge < -0.3 is 12.9 Å². The van der Waals surface area contributed by atoms with Gasteiger partial charge in [-0.05, 0) is 12.8 Å². The van der Waals surface area contributed by atoms with Crippen molar-refractivity contribution in [2.45, 2.75) is 32.1 Å². The predicted octanol–water partition coefficient (Wildman–Crippen LogP) is 3.50. The highest BCUT2D eigenvalue weighted by molar-refractivity contribution is 6.73. The van der Waals surface area contributed by atoms with E-state index in [4.69, 9.17) is 0 Å². The maximum atomic E-state index is 12.5. The van der Waals surface area contributed by atoms with Gasteiger partial charge in [-0.2, -0.15) is 0 Å². The van der Waals surface area contributed by atoms with Gasteiger partial charge >= 0.3 is 6.98 Å². The largest absolute Gasteiger partial charge is 0.509 e. The van der Waals surface area contributed by atoms with Gasteiger partial charge in [0.25, 0.3) is 0 Å². The first-order valence-electron chi connectivity index (χ1n) is 6.32. The van der Waals surface area contributed by atoms with Crippen molar-refractivity contribution < 1.29 is 17.7 Å². The summed E-state index contributed by atoms with van der Waals surface area (Å²) in [5.74, 6) is -0.00285. The molecule has 1 aromatic rings. The zero-order chi connectivity index (χ0) is 13.2. The Morgan fingerprint density at radius 2 is 1.56 bits per heavy atom. The molecule has 98 valence electrons. The number of Topliss-reactive ketones (excluding diaryl/α,β-unsaturated/α-hetero) is 1. The van der Waals surface area contributed by atoms with Crippen LogP contribution >= 0.6 is 0 Å². The van der Waals surface area contributed by atoms with E-state index in [-0.39, 0.29) is 11.7 Å². The van der Waals surface area contributed by atoms with E-state index in [1.807, 2.05) is 0 Å². The van der Waals surface area contributed by atoms with E-state index in [1.54, 1.807) is 0 Å². The summed E-state index contributed by atoms with van der Waals surface area (Å²) in [6.45, 7) is -4.97. The van der Waals surface area contributed by atoms with Gasteiger partial charge in [-0.15, -0.1) is 5.46 Å². The quantitative estimate of drug-likeness (QED) is 0.596. The lowest BCUT2D eigenvalue weighted by Gasteiger charge is -2.21. The van der Waals surface area contributed by atoms with E-state index in [2.05, 4.69) is 0 Å².